The third-order valence-corrected chi connectivity index (χ3v) is 4.99. The lowest BCUT2D eigenvalue weighted by atomic mass is 10.0. The second kappa shape index (κ2) is 5.95. The fourth-order valence-corrected chi connectivity index (χ4v) is 3.57. The van der Waals surface area contributed by atoms with Gasteiger partial charge in [0.2, 0.25) is 0 Å². The van der Waals surface area contributed by atoms with Gasteiger partial charge < -0.3 is 5.32 Å². The Morgan fingerprint density at radius 1 is 1.39 bits per heavy atom. The molecule has 4 heteroatoms. The molecule has 1 aromatic heterocycles. The van der Waals surface area contributed by atoms with Crippen LogP contribution in [0.25, 0.3) is 0 Å². The second-order valence-corrected chi connectivity index (χ2v) is 6.52. The Morgan fingerprint density at radius 2 is 2.11 bits per heavy atom. The first-order valence-corrected chi connectivity index (χ1v) is 7.48. The van der Waals surface area contributed by atoms with E-state index in [9.17, 15) is 4.39 Å². The zero-order chi connectivity index (χ0) is 13.1. The summed E-state index contributed by atoms with van der Waals surface area (Å²) in [6.45, 7) is 4.88. The lowest BCUT2D eigenvalue weighted by Gasteiger charge is -2.17. The van der Waals surface area contributed by atoms with Crippen LogP contribution in [0, 0.1) is 12.7 Å². The van der Waals surface area contributed by atoms with Gasteiger partial charge in [0.25, 0.3) is 0 Å². The van der Waals surface area contributed by atoms with Gasteiger partial charge in [-0.25, -0.2) is 4.39 Å². The molecule has 2 rings (SSSR count). The standard InChI is InChI=1S/C14H15BrFNS/c1-3-17-13(10-6-4-5-7-11(10)16)12-8-9(2)14(15)18-12/h4-8,13,17H,3H2,1-2H3. The average molecular weight is 328 g/mol. The molecule has 1 nitrogen and oxygen atoms in total. The van der Waals surface area contributed by atoms with E-state index in [0.29, 0.717) is 5.56 Å². The van der Waals surface area contributed by atoms with Crippen LogP contribution in [0.2, 0.25) is 0 Å². The summed E-state index contributed by atoms with van der Waals surface area (Å²) < 4.78 is 15.0. The van der Waals surface area contributed by atoms with Crippen molar-refractivity contribution in [2.45, 2.75) is 19.9 Å². The highest BCUT2D eigenvalue weighted by molar-refractivity contribution is 9.11. The van der Waals surface area contributed by atoms with Crippen molar-refractivity contribution in [3.8, 4) is 0 Å². The number of thiophene rings is 1. The Morgan fingerprint density at radius 3 is 2.67 bits per heavy atom. The van der Waals surface area contributed by atoms with Crippen LogP contribution in [-0.4, -0.2) is 6.54 Å². The first kappa shape index (κ1) is 13.7. The van der Waals surface area contributed by atoms with Gasteiger partial charge in [-0.3, -0.25) is 0 Å². The Hall–Kier alpha value is -0.710. The normalized spacial score (nSPS) is 12.7. The van der Waals surface area contributed by atoms with Crippen LogP contribution < -0.4 is 5.32 Å². The molecule has 0 amide bonds. The predicted molar refractivity (Wildman–Crippen MR) is 78.7 cm³/mol. The molecule has 0 aliphatic rings. The number of hydrogen-bond donors (Lipinski definition) is 1. The number of hydrogen-bond acceptors (Lipinski definition) is 2. The van der Waals surface area contributed by atoms with Crippen molar-refractivity contribution < 1.29 is 4.39 Å². The molecule has 1 N–H and O–H groups in total. The van der Waals surface area contributed by atoms with Gasteiger partial charge in [0, 0.05) is 10.4 Å². The van der Waals surface area contributed by atoms with E-state index in [1.54, 1.807) is 17.4 Å². The zero-order valence-electron chi connectivity index (χ0n) is 10.3. The molecule has 1 heterocycles. The Labute approximate surface area is 119 Å². The van der Waals surface area contributed by atoms with Gasteiger partial charge in [-0.05, 0) is 47.1 Å². The second-order valence-electron chi connectivity index (χ2n) is 4.12. The minimum atomic E-state index is -0.161. The minimum Gasteiger partial charge on any atom is -0.306 e. The fraction of sp³-hybridized carbons (Fsp3) is 0.286. The molecule has 96 valence electrons. The summed E-state index contributed by atoms with van der Waals surface area (Å²) in [6.07, 6.45) is 0. The van der Waals surface area contributed by atoms with E-state index in [-0.39, 0.29) is 11.9 Å². The Balaban J connectivity index is 2.43. The molecule has 1 atom stereocenters. The number of aryl methyl sites for hydroxylation is 1. The summed E-state index contributed by atoms with van der Waals surface area (Å²) in [5.41, 5.74) is 1.89. The molecule has 0 saturated heterocycles. The zero-order valence-corrected chi connectivity index (χ0v) is 12.7. The number of benzene rings is 1. The van der Waals surface area contributed by atoms with E-state index in [0.717, 1.165) is 15.2 Å². The monoisotopic (exact) mass is 327 g/mol. The maximum Gasteiger partial charge on any atom is 0.128 e. The van der Waals surface area contributed by atoms with Crippen molar-refractivity contribution in [1.29, 1.82) is 0 Å². The van der Waals surface area contributed by atoms with E-state index in [4.69, 9.17) is 0 Å². The molecule has 18 heavy (non-hydrogen) atoms. The smallest absolute Gasteiger partial charge is 0.128 e. The molecular weight excluding hydrogens is 313 g/mol. The Kier molecular flexibility index (Phi) is 4.54. The molecular formula is C14H15BrFNS. The molecule has 0 fully saturated rings. The van der Waals surface area contributed by atoms with Crippen molar-refractivity contribution in [3.05, 3.63) is 55.9 Å². The number of nitrogens with one attached hydrogen (secondary N) is 1. The van der Waals surface area contributed by atoms with E-state index >= 15 is 0 Å². The molecule has 0 saturated carbocycles. The van der Waals surface area contributed by atoms with Crippen molar-refractivity contribution in [2.24, 2.45) is 0 Å². The van der Waals surface area contributed by atoms with Crippen molar-refractivity contribution in [1.82, 2.24) is 5.32 Å². The van der Waals surface area contributed by atoms with Crippen LogP contribution in [0.4, 0.5) is 4.39 Å². The van der Waals surface area contributed by atoms with E-state index < -0.39 is 0 Å². The van der Waals surface area contributed by atoms with Crippen LogP contribution in [-0.2, 0) is 0 Å². The van der Waals surface area contributed by atoms with Gasteiger partial charge in [-0.2, -0.15) is 0 Å². The first-order valence-electron chi connectivity index (χ1n) is 5.87. The summed E-state index contributed by atoms with van der Waals surface area (Å²) in [7, 11) is 0. The summed E-state index contributed by atoms with van der Waals surface area (Å²) in [6, 6.07) is 8.97. The van der Waals surface area contributed by atoms with Gasteiger partial charge in [0.05, 0.1) is 9.83 Å². The molecule has 1 unspecified atom stereocenters. The Bertz CT molecular complexity index is 519. The van der Waals surface area contributed by atoms with Gasteiger partial charge >= 0.3 is 0 Å². The summed E-state index contributed by atoms with van der Waals surface area (Å²) >= 11 is 5.18. The SMILES string of the molecule is CCNC(c1cc(C)c(Br)s1)c1ccccc1F. The molecule has 0 aliphatic carbocycles. The predicted octanol–water partition coefficient (Wildman–Crippen LogP) is 4.66. The van der Waals surface area contributed by atoms with Crippen LogP contribution in [0.1, 0.15) is 29.0 Å². The quantitative estimate of drug-likeness (QED) is 0.861. The van der Waals surface area contributed by atoms with Gasteiger partial charge in [-0.1, -0.05) is 25.1 Å². The summed E-state index contributed by atoms with van der Waals surface area (Å²) in [5, 5.41) is 3.35. The van der Waals surface area contributed by atoms with Crippen molar-refractivity contribution in [3.63, 3.8) is 0 Å². The van der Waals surface area contributed by atoms with Crippen molar-refractivity contribution in [2.75, 3.05) is 6.54 Å². The molecule has 0 radical (unpaired) electrons. The topological polar surface area (TPSA) is 12.0 Å². The summed E-state index contributed by atoms with van der Waals surface area (Å²) in [4.78, 5) is 1.13. The van der Waals surface area contributed by atoms with Crippen LogP contribution in [0.3, 0.4) is 0 Å². The third-order valence-electron chi connectivity index (χ3n) is 2.79. The highest BCUT2D eigenvalue weighted by Crippen LogP contribution is 2.35. The van der Waals surface area contributed by atoms with Gasteiger partial charge in [0.15, 0.2) is 0 Å². The largest absolute Gasteiger partial charge is 0.306 e. The average Bonchev–Trinajstić information content (AvgIpc) is 2.68. The minimum absolute atomic E-state index is 0.0776. The number of halogens is 2. The lowest BCUT2D eigenvalue weighted by Crippen LogP contribution is -2.22. The van der Waals surface area contributed by atoms with Crippen LogP contribution in [0.5, 0.6) is 0 Å². The highest BCUT2D eigenvalue weighted by atomic mass is 79.9. The maximum atomic E-state index is 13.9. The molecule has 0 aliphatic heterocycles. The lowest BCUT2D eigenvalue weighted by molar-refractivity contribution is 0.563. The summed E-state index contributed by atoms with van der Waals surface area (Å²) in [5.74, 6) is -0.161. The van der Waals surface area contributed by atoms with E-state index in [2.05, 4.69) is 34.2 Å². The maximum absolute atomic E-state index is 13.9. The highest BCUT2D eigenvalue weighted by Gasteiger charge is 2.19. The van der Waals surface area contributed by atoms with E-state index in [1.807, 2.05) is 19.1 Å². The van der Waals surface area contributed by atoms with Gasteiger partial charge in [-0.15, -0.1) is 11.3 Å². The third kappa shape index (κ3) is 2.82. The van der Waals surface area contributed by atoms with Crippen LogP contribution >= 0.6 is 27.3 Å². The molecule has 1 aromatic carbocycles. The van der Waals surface area contributed by atoms with Crippen LogP contribution in [0.15, 0.2) is 34.1 Å². The van der Waals surface area contributed by atoms with E-state index in [1.165, 1.54) is 11.6 Å². The number of rotatable bonds is 4. The van der Waals surface area contributed by atoms with Crippen molar-refractivity contribution >= 4 is 27.3 Å². The molecule has 0 bridgehead atoms. The fourth-order valence-electron chi connectivity index (χ4n) is 1.90. The van der Waals surface area contributed by atoms with Gasteiger partial charge in [0.1, 0.15) is 5.82 Å². The molecule has 0 spiro atoms. The molecule has 2 aromatic rings. The first-order chi connectivity index (χ1) is 8.63.